The number of aromatic nitrogens is 2. The van der Waals surface area contributed by atoms with E-state index in [1.54, 1.807) is 25.4 Å². The molecule has 0 radical (unpaired) electrons. The molecule has 2 atom stereocenters. The van der Waals surface area contributed by atoms with Gasteiger partial charge in [0.25, 0.3) is 0 Å². The number of benzene rings is 2. The molecule has 2 N–H and O–H groups in total. The lowest BCUT2D eigenvalue weighted by Gasteiger charge is -2.29. The normalized spacial score (nSPS) is 16.3. The van der Waals surface area contributed by atoms with Gasteiger partial charge >= 0.3 is 5.97 Å². The fourth-order valence-electron chi connectivity index (χ4n) is 5.43. The number of hydrogen-bond donors (Lipinski definition) is 2. The van der Waals surface area contributed by atoms with Crippen LogP contribution in [0.25, 0.3) is 5.69 Å². The lowest BCUT2D eigenvalue weighted by molar-refractivity contribution is -0.114. The van der Waals surface area contributed by atoms with Crippen molar-refractivity contribution in [2.75, 3.05) is 24.4 Å². The van der Waals surface area contributed by atoms with Gasteiger partial charge in [-0.3, -0.25) is 9.78 Å². The van der Waals surface area contributed by atoms with E-state index < -0.39 is 0 Å². The van der Waals surface area contributed by atoms with Crippen LogP contribution in [0, 0.1) is 13.8 Å². The van der Waals surface area contributed by atoms with E-state index in [0.29, 0.717) is 22.1 Å². The number of nitrogens with zero attached hydrogens (tertiary/aromatic N) is 3. The average Bonchev–Trinajstić information content (AvgIpc) is 3.47. The van der Waals surface area contributed by atoms with E-state index >= 15 is 0 Å². The van der Waals surface area contributed by atoms with Gasteiger partial charge in [-0.2, -0.15) is 0 Å². The molecule has 4 aromatic rings. The molecular weight excluding hydrogens is 538 g/mol. The summed E-state index contributed by atoms with van der Waals surface area (Å²) in [7, 11) is 2.93. The lowest BCUT2D eigenvalue weighted by atomic mass is 9.96. The predicted molar refractivity (Wildman–Crippen MR) is 162 cm³/mol. The van der Waals surface area contributed by atoms with Crippen molar-refractivity contribution in [1.82, 2.24) is 14.9 Å². The molecule has 0 spiro atoms. The fourth-order valence-corrected chi connectivity index (χ4v) is 5.78. The zero-order chi connectivity index (χ0) is 29.3. The quantitative estimate of drug-likeness (QED) is 0.225. The number of nitrogens with one attached hydrogen (secondary N) is 2. The van der Waals surface area contributed by atoms with E-state index in [1.807, 2.05) is 55.5 Å². The van der Waals surface area contributed by atoms with Crippen molar-refractivity contribution >= 4 is 40.6 Å². The van der Waals surface area contributed by atoms with E-state index in [-0.39, 0.29) is 24.0 Å². The summed E-state index contributed by atoms with van der Waals surface area (Å²) in [5.74, 6) is -0.0311. The molecule has 1 aliphatic rings. The van der Waals surface area contributed by atoms with E-state index in [9.17, 15) is 9.59 Å². The average molecular weight is 570 g/mol. The number of pyridine rings is 1. The van der Waals surface area contributed by atoms with Gasteiger partial charge in [0.05, 0.1) is 43.2 Å². The number of rotatable bonds is 7. The number of esters is 1. The van der Waals surface area contributed by atoms with Crippen LogP contribution in [-0.4, -0.2) is 40.8 Å². The van der Waals surface area contributed by atoms with Crippen molar-refractivity contribution < 1.29 is 19.1 Å². The first-order valence-corrected chi connectivity index (χ1v) is 13.5. The molecule has 1 saturated heterocycles. The first-order valence-electron chi connectivity index (χ1n) is 13.1. The lowest BCUT2D eigenvalue weighted by Crippen LogP contribution is -2.29. The van der Waals surface area contributed by atoms with Gasteiger partial charge in [-0.1, -0.05) is 6.07 Å². The smallest absolute Gasteiger partial charge is 0.337 e. The third kappa shape index (κ3) is 5.26. The molecule has 0 bridgehead atoms. The molecule has 5 rings (SSSR count). The monoisotopic (exact) mass is 569 g/mol. The Hall–Kier alpha value is -4.70. The number of methoxy groups -OCH3 is 2. The van der Waals surface area contributed by atoms with Crippen molar-refractivity contribution in [3.8, 4) is 11.4 Å². The molecule has 0 aliphatic carbocycles. The molecule has 1 amide bonds. The Morgan fingerprint density at radius 1 is 1.00 bits per heavy atom. The van der Waals surface area contributed by atoms with Gasteiger partial charge in [0, 0.05) is 35.9 Å². The Bertz CT molecular complexity index is 1620. The van der Waals surface area contributed by atoms with Gasteiger partial charge in [-0.15, -0.1) is 0 Å². The van der Waals surface area contributed by atoms with Crippen LogP contribution in [0.1, 0.15) is 52.0 Å². The van der Waals surface area contributed by atoms with Gasteiger partial charge < -0.3 is 29.6 Å². The highest BCUT2D eigenvalue weighted by Crippen LogP contribution is 2.45. The minimum Gasteiger partial charge on any atom is -0.495 e. The van der Waals surface area contributed by atoms with Crippen molar-refractivity contribution in [2.24, 2.45) is 0 Å². The molecule has 10 heteroatoms. The number of aryl methyl sites for hydroxylation is 1. The van der Waals surface area contributed by atoms with Gasteiger partial charge in [-0.05, 0) is 92.3 Å². The number of carbonyl (C=O) groups is 2. The number of amides is 1. The third-order valence-electron chi connectivity index (χ3n) is 7.21. The molecule has 9 nitrogen and oxygen atoms in total. The zero-order valence-corrected chi connectivity index (χ0v) is 24.3. The van der Waals surface area contributed by atoms with E-state index in [4.69, 9.17) is 21.7 Å². The van der Waals surface area contributed by atoms with Crippen LogP contribution in [0.3, 0.4) is 0 Å². The topological polar surface area (TPSA) is 97.7 Å². The number of carbonyl (C=O) groups excluding carboxylic acids is 2. The van der Waals surface area contributed by atoms with Crippen LogP contribution >= 0.6 is 12.2 Å². The van der Waals surface area contributed by atoms with Crippen molar-refractivity contribution in [2.45, 2.75) is 32.9 Å². The molecule has 3 heterocycles. The number of ether oxygens (including phenoxy) is 2. The maximum absolute atomic E-state index is 12.0. The minimum atomic E-state index is -0.379. The van der Waals surface area contributed by atoms with Crippen LogP contribution in [0.15, 0.2) is 72.9 Å². The summed E-state index contributed by atoms with van der Waals surface area (Å²) in [5, 5.41) is 6.89. The summed E-state index contributed by atoms with van der Waals surface area (Å²) in [5.41, 5.74) is 6.70. The maximum atomic E-state index is 12.0. The highest BCUT2D eigenvalue weighted by atomic mass is 32.1. The molecular formula is C31H31N5O4S. The SMILES string of the molecule is COC(=O)c1ccc(-n2c(C)cc([C@H]3[C@H](c4ccccn4)NC(=S)N3c3ccc(OC)c(NC(C)=O)c3)c2C)cc1. The molecule has 2 aromatic carbocycles. The Labute approximate surface area is 244 Å². The standard InChI is InChI=1S/C31H31N5O4S/c1-18-16-24(19(2)35(18)22-11-9-21(10-12-22)30(38)40-5)29-28(25-8-6-7-15-32-25)34-31(41)36(29)23-13-14-27(39-4)26(17-23)33-20(3)37/h6-17,28-29H,1-5H3,(H,33,37)(H,34,41)/t28-,29-/m0/s1. The maximum Gasteiger partial charge on any atom is 0.337 e. The van der Waals surface area contributed by atoms with Gasteiger partial charge in [0.15, 0.2) is 5.11 Å². The predicted octanol–water partition coefficient (Wildman–Crippen LogP) is 5.42. The molecule has 41 heavy (non-hydrogen) atoms. The van der Waals surface area contributed by atoms with Gasteiger partial charge in [0.2, 0.25) is 5.91 Å². The Morgan fingerprint density at radius 3 is 2.37 bits per heavy atom. The summed E-state index contributed by atoms with van der Waals surface area (Å²) >= 11 is 5.91. The summed E-state index contributed by atoms with van der Waals surface area (Å²) in [6, 6.07) is 20.4. The van der Waals surface area contributed by atoms with Gasteiger partial charge in [-0.25, -0.2) is 4.79 Å². The Morgan fingerprint density at radius 2 is 1.73 bits per heavy atom. The van der Waals surface area contributed by atoms with E-state index in [1.165, 1.54) is 14.0 Å². The first-order chi connectivity index (χ1) is 19.7. The van der Waals surface area contributed by atoms with Crippen LogP contribution in [0.2, 0.25) is 0 Å². The van der Waals surface area contributed by atoms with E-state index in [0.717, 1.165) is 34.0 Å². The summed E-state index contributed by atoms with van der Waals surface area (Å²) in [6.45, 7) is 5.58. The first kappa shape index (κ1) is 27.9. The zero-order valence-electron chi connectivity index (χ0n) is 23.5. The van der Waals surface area contributed by atoms with Crippen molar-refractivity contribution in [3.05, 3.63) is 101 Å². The second kappa shape index (κ2) is 11.4. The summed E-state index contributed by atoms with van der Waals surface area (Å²) in [4.78, 5) is 30.6. The number of anilines is 2. The van der Waals surface area contributed by atoms with Crippen LogP contribution in [0.5, 0.6) is 5.75 Å². The second-order valence-corrected chi connectivity index (χ2v) is 10.1. The fraction of sp³-hybridized carbons (Fsp3) is 0.226. The van der Waals surface area contributed by atoms with E-state index in [2.05, 4.69) is 38.1 Å². The van der Waals surface area contributed by atoms with Crippen LogP contribution < -0.4 is 20.3 Å². The Kier molecular flexibility index (Phi) is 7.76. The molecule has 1 aliphatic heterocycles. The largest absolute Gasteiger partial charge is 0.495 e. The van der Waals surface area contributed by atoms with Crippen molar-refractivity contribution in [1.29, 1.82) is 0 Å². The molecule has 2 aromatic heterocycles. The molecule has 210 valence electrons. The third-order valence-corrected chi connectivity index (χ3v) is 7.52. The summed E-state index contributed by atoms with van der Waals surface area (Å²) in [6.07, 6.45) is 1.77. The highest BCUT2D eigenvalue weighted by molar-refractivity contribution is 7.80. The Balaban J connectivity index is 1.64. The number of thiocarbonyl (C=S) groups is 1. The van der Waals surface area contributed by atoms with Crippen LogP contribution in [-0.2, 0) is 9.53 Å². The second-order valence-electron chi connectivity index (χ2n) is 9.76. The molecule has 1 fully saturated rings. The van der Waals surface area contributed by atoms with Crippen molar-refractivity contribution in [3.63, 3.8) is 0 Å². The highest BCUT2D eigenvalue weighted by Gasteiger charge is 2.42. The minimum absolute atomic E-state index is 0.202. The number of hydrogen-bond acceptors (Lipinski definition) is 6. The molecule has 0 saturated carbocycles. The van der Waals surface area contributed by atoms with Crippen LogP contribution in [0.4, 0.5) is 11.4 Å². The van der Waals surface area contributed by atoms with Gasteiger partial charge in [0.1, 0.15) is 5.75 Å². The molecule has 0 unspecified atom stereocenters. The summed E-state index contributed by atoms with van der Waals surface area (Å²) < 4.78 is 12.5.